The van der Waals surface area contributed by atoms with Crippen LogP contribution in [-0.4, -0.2) is 29.6 Å². The summed E-state index contributed by atoms with van der Waals surface area (Å²) in [5, 5.41) is 2.97. The van der Waals surface area contributed by atoms with Gasteiger partial charge in [0.05, 0.1) is 13.5 Å². The fourth-order valence-corrected chi connectivity index (χ4v) is 2.01. The Kier molecular flexibility index (Phi) is 5.06. The summed E-state index contributed by atoms with van der Waals surface area (Å²) in [5.41, 5.74) is 1.98. The average molecular weight is 336 g/mol. The molecule has 2 rings (SSSR count). The van der Waals surface area contributed by atoms with Gasteiger partial charge in [0.15, 0.2) is 0 Å². The van der Waals surface area contributed by atoms with Crippen LogP contribution in [0.1, 0.15) is 6.42 Å². The smallest absolute Gasteiger partial charge is 0.307 e. The molecule has 6 heteroatoms. The zero-order valence-electron chi connectivity index (χ0n) is 11.0. The van der Waals surface area contributed by atoms with Gasteiger partial charge >= 0.3 is 5.97 Å². The summed E-state index contributed by atoms with van der Waals surface area (Å²) < 4.78 is 5.56. The summed E-state index contributed by atoms with van der Waals surface area (Å²) in [6.45, 7) is 0.447. The van der Waals surface area contributed by atoms with Crippen LogP contribution in [0, 0.1) is 0 Å². The van der Waals surface area contributed by atoms with Gasteiger partial charge in [-0.25, -0.2) is 9.97 Å². The first-order valence-electron chi connectivity index (χ1n) is 6.07. The average Bonchev–Trinajstić information content (AvgIpc) is 2.48. The van der Waals surface area contributed by atoms with E-state index >= 15 is 0 Å². The molecule has 2 aromatic rings. The number of rotatable bonds is 5. The number of esters is 1. The van der Waals surface area contributed by atoms with E-state index in [2.05, 4.69) is 36.0 Å². The molecule has 20 heavy (non-hydrogen) atoms. The van der Waals surface area contributed by atoms with E-state index in [9.17, 15) is 4.79 Å². The lowest BCUT2D eigenvalue weighted by Crippen LogP contribution is -2.11. The van der Waals surface area contributed by atoms with Crippen LogP contribution in [0.15, 0.2) is 41.1 Å². The van der Waals surface area contributed by atoms with Crippen molar-refractivity contribution in [2.45, 2.75) is 6.42 Å². The lowest BCUT2D eigenvalue weighted by Gasteiger charge is -2.05. The van der Waals surface area contributed by atoms with Crippen molar-refractivity contribution in [3.8, 4) is 11.1 Å². The van der Waals surface area contributed by atoms with E-state index in [1.54, 1.807) is 12.4 Å². The summed E-state index contributed by atoms with van der Waals surface area (Å²) in [7, 11) is 1.37. The number of nitrogens with zero attached hydrogens (tertiary/aromatic N) is 2. The highest BCUT2D eigenvalue weighted by molar-refractivity contribution is 9.10. The Hall–Kier alpha value is -1.95. The van der Waals surface area contributed by atoms with Crippen LogP contribution in [0.4, 0.5) is 5.95 Å². The normalized spacial score (nSPS) is 10.1. The second-order valence-electron chi connectivity index (χ2n) is 4.06. The molecule has 0 unspecified atom stereocenters. The quantitative estimate of drug-likeness (QED) is 0.851. The molecular formula is C14H14BrN3O2. The molecule has 0 aliphatic rings. The molecule has 1 N–H and O–H groups in total. The van der Waals surface area contributed by atoms with Gasteiger partial charge in [-0.05, 0) is 17.7 Å². The zero-order valence-corrected chi connectivity index (χ0v) is 12.6. The molecule has 1 aromatic carbocycles. The summed E-state index contributed by atoms with van der Waals surface area (Å²) >= 11 is 3.43. The molecule has 1 aromatic heterocycles. The molecular weight excluding hydrogens is 322 g/mol. The predicted octanol–water partition coefficient (Wildman–Crippen LogP) is 2.88. The third kappa shape index (κ3) is 4.03. The molecule has 0 amide bonds. The minimum Gasteiger partial charge on any atom is -0.469 e. The van der Waals surface area contributed by atoms with Crippen LogP contribution in [0.5, 0.6) is 0 Å². The molecule has 0 saturated heterocycles. The van der Waals surface area contributed by atoms with Crippen molar-refractivity contribution in [2.75, 3.05) is 19.0 Å². The highest BCUT2D eigenvalue weighted by atomic mass is 79.9. The van der Waals surface area contributed by atoms with Gasteiger partial charge in [-0.1, -0.05) is 28.1 Å². The Labute approximate surface area is 125 Å². The Morgan fingerprint density at radius 2 is 2.05 bits per heavy atom. The molecule has 0 atom stereocenters. The number of hydrogen-bond acceptors (Lipinski definition) is 5. The fraction of sp³-hybridized carbons (Fsp3) is 0.214. The van der Waals surface area contributed by atoms with Crippen molar-refractivity contribution in [3.63, 3.8) is 0 Å². The van der Waals surface area contributed by atoms with Crippen LogP contribution in [0.25, 0.3) is 11.1 Å². The van der Waals surface area contributed by atoms with Gasteiger partial charge in [-0.15, -0.1) is 0 Å². The highest BCUT2D eigenvalue weighted by Crippen LogP contribution is 2.21. The summed E-state index contributed by atoms with van der Waals surface area (Å²) in [6.07, 6.45) is 3.78. The molecule has 104 valence electrons. The summed E-state index contributed by atoms with van der Waals surface area (Å²) in [6, 6.07) is 7.92. The van der Waals surface area contributed by atoms with Crippen molar-refractivity contribution < 1.29 is 9.53 Å². The lowest BCUT2D eigenvalue weighted by molar-refractivity contribution is -0.140. The second kappa shape index (κ2) is 7.00. The summed E-state index contributed by atoms with van der Waals surface area (Å²) in [4.78, 5) is 19.4. The third-order valence-electron chi connectivity index (χ3n) is 2.65. The maximum absolute atomic E-state index is 11.0. The van der Waals surface area contributed by atoms with E-state index in [0.717, 1.165) is 15.6 Å². The fourth-order valence-electron chi connectivity index (χ4n) is 1.61. The van der Waals surface area contributed by atoms with E-state index < -0.39 is 0 Å². The number of nitrogens with one attached hydrogen (secondary N) is 1. The molecule has 0 saturated carbocycles. The number of halogens is 1. The van der Waals surface area contributed by atoms with Crippen molar-refractivity contribution in [1.29, 1.82) is 0 Å². The number of benzene rings is 1. The molecule has 0 spiro atoms. The number of ether oxygens (including phenoxy) is 1. The van der Waals surface area contributed by atoms with E-state index in [1.807, 2.05) is 24.3 Å². The predicted molar refractivity (Wildman–Crippen MR) is 80.3 cm³/mol. The number of anilines is 1. The number of carbonyl (C=O) groups is 1. The SMILES string of the molecule is COC(=O)CCNc1ncc(-c2cccc(Br)c2)cn1. The first kappa shape index (κ1) is 14.5. The molecule has 1 heterocycles. The maximum Gasteiger partial charge on any atom is 0.307 e. The number of carbonyl (C=O) groups excluding carboxylic acids is 1. The van der Waals surface area contributed by atoms with Gasteiger partial charge in [0.1, 0.15) is 0 Å². The largest absolute Gasteiger partial charge is 0.469 e. The molecule has 0 bridgehead atoms. The Bertz CT molecular complexity index is 587. The van der Waals surface area contributed by atoms with Crippen molar-refractivity contribution in [2.24, 2.45) is 0 Å². The molecule has 0 fully saturated rings. The van der Waals surface area contributed by atoms with Gasteiger partial charge in [0.25, 0.3) is 0 Å². The number of hydrogen-bond donors (Lipinski definition) is 1. The van der Waals surface area contributed by atoms with Crippen LogP contribution >= 0.6 is 15.9 Å². The summed E-state index contributed by atoms with van der Waals surface area (Å²) in [5.74, 6) is 0.232. The van der Waals surface area contributed by atoms with Gasteiger partial charge < -0.3 is 10.1 Å². The first-order valence-corrected chi connectivity index (χ1v) is 6.87. The minimum absolute atomic E-state index is 0.261. The Balaban J connectivity index is 1.98. The van der Waals surface area contributed by atoms with Crippen LogP contribution in [-0.2, 0) is 9.53 Å². The zero-order chi connectivity index (χ0) is 14.4. The van der Waals surface area contributed by atoms with Crippen LogP contribution in [0.2, 0.25) is 0 Å². The van der Waals surface area contributed by atoms with Crippen LogP contribution < -0.4 is 5.32 Å². The second-order valence-corrected chi connectivity index (χ2v) is 4.97. The van der Waals surface area contributed by atoms with Gasteiger partial charge in [-0.3, -0.25) is 4.79 Å². The van der Waals surface area contributed by atoms with Crippen molar-refractivity contribution >= 4 is 27.8 Å². The van der Waals surface area contributed by atoms with Crippen LogP contribution in [0.3, 0.4) is 0 Å². The Morgan fingerprint density at radius 3 is 2.70 bits per heavy atom. The maximum atomic E-state index is 11.0. The van der Waals surface area contributed by atoms with E-state index in [1.165, 1.54) is 7.11 Å². The van der Waals surface area contributed by atoms with E-state index in [4.69, 9.17) is 0 Å². The van der Waals surface area contributed by atoms with Gasteiger partial charge in [-0.2, -0.15) is 0 Å². The van der Waals surface area contributed by atoms with Gasteiger partial charge in [0.2, 0.25) is 5.95 Å². The van der Waals surface area contributed by atoms with Crippen molar-refractivity contribution in [3.05, 3.63) is 41.1 Å². The lowest BCUT2D eigenvalue weighted by atomic mass is 10.1. The molecule has 0 aliphatic carbocycles. The minimum atomic E-state index is -0.261. The van der Waals surface area contributed by atoms with E-state index in [0.29, 0.717) is 12.5 Å². The topological polar surface area (TPSA) is 64.1 Å². The third-order valence-corrected chi connectivity index (χ3v) is 3.14. The Morgan fingerprint density at radius 1 is 1.30 bits per heavy atom. The van der Waals surface area contributed by atoms with Crippen molar-refractivity contribution in [1.82, 2.24) is 9.97 Å². The van der Waals surface area contributed by atoms with E-state index in [-0.39, 0.29) is 12.4 Å². The molecule has 0 aliphatic heterocycles. The standard InChI is InChI=1S/C14H14BrN3O2/c1-20-13(19)5-6-16-14-17-8-11(9-18-14)10-3-2-4-12(15)7-10/h2-4,7-9H,5-6H2,1H3,(H,16,17,18). The number of aromatic nitrogens is 2. The monoisotopic (exact) mass is 335 g/mol. The first-order chi connectivity index (χ1) is 9.69. The number of methoxy groups -OCH3 is 1. The highest BCUT2D eigenvalue weighted by Gasteiger charge is 2.03. The molecule has 0 radical (unpaired) electrons. The van der Waals surface area contributed by atoms with Gasteiger partial charge in [0, 0.05) is 29.0 Å². The molecule has 5 nitrogen and oxygen atoms in total.